The van der Waals surface area contributed by atoms with Crippen molar-refractivity contribution in [2.75, 3.05) is 26.1 Å². The van der Waals surface area contributed by atoms with Crippen molar-refractivity contribution >= 4 is 35.3 Å². The van der Waals surface area contributed by atoms with Crippen LogP contribution in [0.1, 0.15) is 91.3 Å². The Morgan fingerprint density at radius 2 is 1.71 bits per heavy atom. The van der Waals surface area contributed by atoms with Crippen LogP contribution in [-0.4, -0.2) is 60.6 Å². The minimum absolute atomic E-state index is 0.0160. The van der Waals surface area contributed by atoms with Crippen molar-refractivity contribution in [1.82, 2.24) is 5.32 Å². The quantitative estimate of drug-likeness (QED) is 0.182. The van der Waals surface area contributed by atoms with Crippen molar-refractivity contribution in [1.29, 1.82) is 0 Å². The van der Waals surface area contributed by atoms with Crippen LogP contribution in [0.25, 0.3) is 6.08 Å². The number of para-hydroxylation sites is 2. The minimum atomic E-state index is -0.896. The number of anilines is 1. The van der Waals surface area contributed by atoms with Crippen molar-refractivity contribution in [3.8, 4) is 23.0 Å². The molecule has 1 aliphatic rings. The molecule has 0 spiro atoms. The number of ether oxygens (including phenoxy) is 3. The van der Waals surface area contributed by atoms with Gasteiger partial charge in [-0.05, 0) is 74.1 Å². The maximum absolute atomic E-state index is 13.6. The van der Waals surface area contributed by atoms with Crippen LogP contribution in [0.3, 0.4) is 0 Å². The number of rotatable bonds is 10. The number of hydrogen-bond donors (Lipinski definition) is 4. The number of allylic oxidation sites excluding steroid dienone is 1. The van der Waals surface area contributed by atoms with Crippen LogP contribution in [0.5, 0.6) is 23.0 Å². The summed E-state index contributed by atoms with van der Waals surface area (Å²) in [6.45, 7) is 1.75. The number of methoxy groups -OCH3 is 2. The van der Waals surface area contributed by atoms with E-state index in [0.717, 1.165) is 0 Å². The average Bonchev–Trinajstić information content (AvgIpc) is 3.07. The molecule has 3 aromatic rings. The molecule has 11 nitrogen and oxygen atoms in total. The lowest BCUT2D eigenvalue weighted by molar-refractivity contribution is -0.121. The molecular formula is C38H44N2O9. The lowest BCUT2D eigenvalue weighted by Gasteiger charge is -2.23. The summed E-state index contributed by atoms with van der Waals surface area (Å²) in [6.07, 6.45) is 5.72. The lowest BCUT2D eigenvalue weighted by atomic mass is 9.84. The van der Waals surface area contributed by atoms with Gasteiger partial charge in [-0.15, -0.1) is 0 Å². The number of carbonyl (C=O) groups excluding carboxylic acids is 4. The smallest absolute Gasteiger partial charge is 0.342 e. The van der Waals surface area contributed by atoms with Gasteiger partial charge in [0.25, 0.3) is 0 Å². The number of benzene rings is 3. The number of Topliss-reactive ketones (excluding diaryl/α,β-unsaturated/α-hetero) is 1. The first-order valence-electron chi connectivity index (χ1n) is 16.4. The van der Waals surface area contributed by atoms with E-state index in [9.17, 15) is 29.4 Å². The average molecular weight is 673 g/mol. The topological polar surface area (TPSA) is 160 Å². The maximum Gasteiger partial charge on any atom is 0.342 e. The first-order chi connectivity index (χ1) is 23.6. The molecule has 0 fully saturated rings. The SMILES string of the molecule is COc1ccc(C(CC(=O)NCCC(=O)Nc2ccccc2OC)c2c(O)cc3c(c2O)C(=O)OC(C)CCCC(=O)CCCC=C3)cc1. The largest absolute Gasteiger partial charge is 0.507 e. The van der Waals surface area contributed by atoms with Crippen molar-refractivity contribution in [3.63, 3.8) is 0 Å². The van der Waals surface area contributed by atoms with Gasteiger partial charge in [-0.25, -0.2) is 4.79 Å². The Morgan fingerprint density at radius 3 is 2.45 bits per heavy atom. The van der Waals surface area contributed by atoms with Crippen LogP contribution in [0, 0.1) is 0 Å². The Balaban J connectivity index is 1.62. The molecule has 2 atom stereocenters. The highest BCUT2D eigenvalue weighted by atomic mass is 16.5. The number of hydrogen-bond acceptors (Lipinski definition) is 9. The van der Waals surface area contributed by atoms with E-state index in [2.05, 4.69) is 10.6 Å². The van der Waals surface area contributed by atoms with E-state index in [1.54, 1.807) is 67.6 Å². The Morgan fingerprint density at radius 1 is 0.980 bits per heavy atom. The molecule has 11 heteroatoms. The summed E-state index contributed by atoms with van der Waals surface area (Å²) in [7, 11) is 3.02. The number of cyclic esters (lactones) is 1. The van der Waals surface area contributed by atoms with Gasteiger partial charge in [-0.2, -0.15) is 0 Å². The molecule has 4 N–H and O–H groups in total. The van der Waals surface area contributed by atoms with Gasteiger partial charge in [-0.1, -0.05) is 36.4 Å². The van der Waals surface area contributed by atoms with Gasteiger partial charge in [0.05, 0.1) is 26.0 Å². The normalized spacial score (nSPS) is 16.0. The molecule has 2 unspecified atom stereocenters. The summed E-state index contributed by atoms with van der Waals surface area (Å²) in [6, 6.07) is 15.2. The van der Waals surface area contributed by atoms with Gasteiger partial charge in [0.15, 0.2) is 0 Å². The second-order valence-corrected chi connectivity index (χ2v) is 11.9. The Hall–Kier alpha value is -5.32. The lowest BCUT2D eigenvalue weighted by Crippen LogP contribution is -2.29. The van der Waals surface area contributed by atoms with Crippen LogP contribution in [0.4, 0.5) is 5.69 Å². The second kappa shape index (κ2) is 17.7. The number of phenols is 2. The number of carbonyl (C=O) groups is 4. The van der Waals surface area contributed by atoms with E-state index in [0.29, 0.717) is 61.3 Å². The molecule has 0 aliphatic carbocycles. The van der Waals surface area contributed by atoms with Crippen molar-refractivity contribution in [3.05, 3.63) is 82.9 Å². The summed E-state index contributed by atoms with van der Waals surface area (Å²) in [4.78, 5) is 51.7. The van der Waals surface area contributed by atoms with Gasteiger partial charge >= 0.3 is 5.97 Å². The third kappa shape index (κ3) is 10.1. The van der Waals surface area contributed by atoms with Gasteiger partial charge in [0.1, 0.15) is 34.3 Å². The number of ketones is 1. The molecule has 1 heterocycles. The van der Waals surface area contributed by atoms with Crippen molar-refractivity contribution in [2.45, 2.75) is 70.3 Å². The van der Waals surface area contributed by atoms with E-state index in [1.807, 2.05) is 0 Å². The fourth-order valence-electron chi connectivity index (χ4n) is 5.78. The predicted molar refractivity (Wildman–Crippen MR) is 185 cm³/mol. The number of phenolic OH excluding ortho intramolecular Hbond substituents is 2. The standard InChI is InChI=1S/C38H44N2O9/c1-24-10-9-13-27(41)12-6-4-5-11-26-22-31(42)36(37(45)35(26)38(46)49-24)29(25-16-18-28(47-2)19-17-25)23-34(44)39-21-20-33(43)40-30-14-7-8-15-32(30)48-3/h5,7-8,11,14-19,22,24,29,42,45H,4,6,9-10,12-13,20-21,23H2,1-3H3,(H,39,44)(H,40,43). The third-order valence-electron chi connectivity index (χ3n) is 8.36. The van der Waals surface area contributed by atoms with Crippen LogP contribution < -0.4 is 20.1 Å². The molecule has 1 aliphatic heterocycles. The second-order valence-electron chi connectivity index (χ2n) is 11.9. The zero-order valence-corrected chi connectivity index (χ0v) is 28.1. The molecule has 4 rings (SSSR count). The number of amides is 2. The zero-order chi connectivity index (χ0) is 35.3. The van der Waals surface area contributed by atoms with Crippen LogP contribution in [0.2, 0.25) is 0 Å². The number of fused-ring (bicyclic) bond motifs is 1. The first-order valence-corrected chi connectivity index (χ1v) is 16.4. The highest BCUT2D eigenvalue weighted by Crippen LogP contribution is 2.44. The minimum Gasteiger partial charge on any atom is -0.507 e. The van der Waals surface area contributed by atoms with E-state index < -0.39 is 29.6 Å². The molecule has 2 amide bonds. The van der Waals surface area contributed by atoms with Crippen molar-refractivity contribution in [2.24, 2.45) is 0 Å². The summed E-state index contributed by atoms with van der Waals surface area (Å²) < 4.78 is 16.3. The maximum atomic E-state index is 13.6. The molecule has 49 heavy (non-hydrogen) atoms. The molecule has 0 bridgehead atoms. The molecule has 0 radical (unpaired) electrons. The highest BCUT2D eigenvalue weighted by molar-refractivity contribution is 5.98. The van der Waals surface area contributed by atoms with Crippen LogP contribution >= 0.6 is 0 Å². The predicted octanol–water partition coefficient (Wildman–Crippen LogP) is 6.26. The number of aromatic hydroxyl groups is 2. The number of nitrogens with one attached hydrogen (secondary N) is 2. The summed E-state index contributed by atoms with van der Waals surface area (Å²) >= 11 is 0. The Labute approximate surface area is 286 Å². The summed E-state index contributed by atoms with van der Waals surface area (Å²) in [5, 5.41) is 28.6. The summed E-state index contributed by atoms with van der Waals surface area (Å²) in [5.74, 6) is -2.04. The molecule has 260 valence electrons. The molecular weight excluding hydrogens is 628 g/mol. The fourth-order valence-corrected chi connectivity index (χ4v) is 5.78. The van der Waals surface area contributed by atoms with E-state index >= 15 is 0 Å². The van der Waals surface area contributed by atoms with E-state index in [4.69, 9.17) is 14.2 Å². The molecule has 0 aromatic heterocycles. The third-order valence-corrected chi connectivity index (χ3v) is 8.36. The fraction of sp³-hybridized carbons (Fsp3) is 0.368. The summed E-state index contributed by atoms with van der Waals surface area (Å²) in [5.41, 5.74) is 1.18. The first kappa shape index (κ1) is 36.5. The Kier molecular flexibility index (Phi) is 13.2. The molecule has 0 saturated carbocycles. The van der Waals surface area contributed by atoms with Gasteiger partial charge in [0, 0.05) is 43.7 Å². The molecule has 3 aromatic carbocycles. The van der Waals surface area contributed by atoms with Gasteiger partial charge in [0.2, 0.25) is 11.8 Å². The van der Waals surface area contributed by atoms with Crippen LogP contribution in [-0.2, 0) is 19.1 Å². The van der Waals surface area contributed by atoms with E-state index in [-0.39, 0.29) is 53.5 Å². The van der Waals surface area contributed by atoms with Gasteiger partial charge < -0.3 is 35.1 Å². The van der Waals surface area contributed by atoms with E-state index in [1.165, 1.54) is 20.3 Å². The van der Waals surface area contributed by atoms with Gasteiger partial charge in [-0.3, -0.25) is 14.4 Å². The van der Waals surface area contributed by atoms with Crippen LogP contribution in [0.15, 0.2) is 60.7 Å². The van der Waals surface area contributed by atoms with Crippen molar-refractivity contribution < 1.29 is 43.6 Å². The molecule has 0 saturated heterocycles. The Bertz CT molecular complexity index is 1670. The monoisotopic (exact) mass is 672 g/mol. The highest BCUT2D eigenvalue weighted by Gasteiger charge is 2.31. The zero-order valence-electron chi connectivity index (χ0n) is 28.1. The number of esters is 1.